The van der Waals surface area contributed by atoms with E-state index in [0.29, 0.717) is 23.7 Å². The first-order valence-corrected chi connectivity index (χ1v) is 7.23. The van der Waals surface area contributed by atoms with E-state index in [4.69, 9.17) is 11.6 Å². The molecule has 2 rings (SSSR count). The molecule has 1 atom stereocenters. The van der Waals surface area contributed by atoms with Gasteiger partial charge >= 0.3 is 0 Å². The van der Waals surface area contributed by atoms with E-state index in [0.717, 1.165) is 11.8 Å². The Hall–Kier alpha value is -1.46. The zero-order valence-electron chi connectivity index (χ0n) is 11.9. The second kappa shape index (κ2) is 6.54. The van der Waals surface area contributed by atoms with Gasteiger partial charge in [-0.3, -0.25) is 4.68 Å². The van der Waals surface area contributed by atoms with Crippen molar-refractivity contribution in [1.82, 2.24) is 9.78 Å². The Labute approximate surface area is 127 Å². The first-order valence-electron chi connectivity index (χ1n) is 6.85. The number of hydrogen-bond donors (Lipinski definition) is 1. The molecule has 0 saturated carbocycles. The Morgan fingerprint density at radius 1 is 1.33 bits per heavy atom. The van der Waals surface area contributed by atoms with Crippen LogP contribution in [-0.2, 0) is 19.4 Å². The van der Waals surface area contributed by atoms with Gasteiger partial charge in [0.1, 0.15) is 0 Å². The van der Waals surface area contributed by atoms with Crippen LogP contribution in [0.5, 0.6) is 0 Å². The highest BCUT2D eigenvalue weighted by atomic mass is 35.5. The highest BCUT2D eigenvalue weighted by Crippen LogP contribution is 2.28. The third kappa shape index (κ3) is 3.09. The lowest BCUT2D eigenvalue weighted by molar-refractivity contribution is 0.169. The molecule has 0 fully saturated rings. The largest absolute Gasteiger partial charge is 0.388 e. The molecular formula is C15H17ClF2N2O. The van der Waals surface area contributed by atoms with Crippen molar-refractivity contribution in [2.24, 2.45) is 0 Å². The van der Waals surface area contributed by atoms with Gasteiger partial charge in [0.05, 0.1) is 22.5 Å². The first-order chi connectivity index (χ1) is 9.99. The number of rotatable bonds is 5. The van der Waals surface area contributed by atoms with Crippen molar-refractivity contribution in [3.8, 4) is 0 Å². The van der Waals surface area contributed by atoms with Crippen LogP contribution in [0.15, 0.2) is 18.2 Å². The van der Waals surface area contributed by atoms with E-state index in [1.807, 2.05) is 13.8 Å². The quantitative estimate of drug-likeness (QED) is 0.914. The average Bonchev–Trinajstić information content (AvgIpc) is 2.78. The van der Waals surface area contributed by atoms with Gasteiger partial charge in [-0.1, -0.05) is 30.7 Å². The molecule has 1 heterocycles. The van der Waals surface area contributed by atoms with Crippen molar-refractivity contribution in [1.29, 1.82) is 0 Å². The zero-order chi connectivity index (χ0) is 15.6. The molecule has 1 N–H and O–H groups in total. The van der Waals surface area contributed by atoms with Crippen LogP contribution in [0.2, 0.25) is 5.02 Å². The number of benzene rings is 1. The van der Waals surface area contributed by atoms with E-state index >= 15 is 0 Å². The molecule has 6 heteroatoms. The minimum atomic E-state index is -1.18. The zero-order valence-corrected chi connectivity index (χ0v) is 12.7. The smallest absolute Gasteiger partial charge is 0.164 e. The molecule has 0 saturated heterocycles. The Morgan fingerprint density at radius 2 is 2.05 bits per heavy atom. The molecular weight excluding hydrogens is 298 g/mol. The summed E-state index contributed by atoms with van der Waals surface area (Å²) < 4.78 is 28.6. The monoisotopic (exact) mass is 314 g/mol. The van der Waals surface area contributed by atoms with Crippen LogP contribution >= 0.6 is 11.6 Å². The van der Waals surface area contributed by atoms with E-state index in [2.05, 4.69) is 5.10 Å². The van der Waals surface area contributed by atoms with E-state index < -0.39 is 17.7 Å². The van der Waals surface area contributed by atoms with Crippen molar-refractivity contribution >= 4 is 11.6 Å². The maximum atomic E-state index is 13.7. The second-order valence-electron chi connectivity index (χ2n) is 4.74. The molecule has 21 heavy (non-hydrogen) atoms. The lowest BCUT2D eigenvalue weighted by Crippen LogP contribution is -2.10. The summed E-state index contributed by atoms with van der Waals surface area (Å²) in [6, 6.07) is 3.75. The minimum Gasteiger partial charge on any atom is -0.388 e. The lowest BCUT2D eigenvalue weighted by atomic mass is 10.0. The molecule has 3 nitrogen and oxygen atoms in total. The predicted molar refractivity (Wildman–Crippen MR) is 77.3 cm³/mol. The van der Waals surface area contributed by atoms with Crippen molar-refractivity contribution in [2.45, 2.75) is 39.3 Å². The molecule has 1 aromatic heterocycles. The molecule has 0 aliphatic heterocycles. The van der Waals surface area contributed by atoms with Gasteiger partial charge in [-0.25, -0.2) is 8.78 Å². The van der Waals surface area contributed by atoms with Crippen molar-refractivity contribution < 1.29 is 13.9 Å². The summed E-state index contributed by atoms with van der Waals surface area (Å²) in [4.78, 5) is 0. The fourth-order valence-corrected chi connectivity index (χ4v) is 2.63. The highest BCUT2D eigenvalue weighted by molar-refractivity contribution is 6.31. The standard InChI is InChI=1S/C15H17ClF2N2O/c1-3-11-14(16)12(20(4-2)19-11)8-13(21)9-6-5-7-10(17)15(9)18/h5-7,13,21H,3-4,8H2,1-2H3. The summed E-state index contributed by atoms with van der Waals surface area (Å²) in [5.74, 6) is -2.00. The summed E-state index contributed by atoms with van der Waals surface area (Å²) >= 11 is 6.25. The van der Waals surface area contributed by atoms with Crippen molar-refractivity contribution in [3.05, 3.63) is 51.8 Å². The van der Waals surface area contributed by atoms with Crippen LogP contribution in [0.1, 0.15) is 36.9 Å². The van der Waals surface area contributed by atoms with Gasteiger partial charge < -0.3 is 5.11 Å². The number of aliphatic hydroxyl groups excluding tert-OH is 1. The molecule has 2 aromatic rings. The summed E-state index contributed by atoms with van der Waals surface area (Å²) in [5.41, 5.74) is 1.29. The van der Waals surface area contributed by atoms with Gasteiger partial charge in [-0.2, -0.15) is 5.10 Å². The van der Waals surface area contributed by atoms with Crippen molar-refractivity contribution in [3.63, 3.8) is 0 Å². The molecule has 1 unspecified atom stereocenters. The topological polar surface area (TPSA) is 38.0 Å². The molecule has 0 amide bonds. The highest BCUT2D eigenvalue weighted by Gasteiger charge is 2.21. The minimum absolute atomic E-state index is 0.0760. The van der Waals surface area contributed by atoms with Gasteiger partial charge in [-0.15, -0.1) is 0 Å². The molecule has 0 aliphatic carbocycles. The third-order valence-corrected chi connectivity index (χ3v) is 3.86. The number of hydrogen-bond acceptors (Lipinski definition) is 2. The van der Waals surface area contributed by atoms with Crippen LogP contribution in [0.3, 0.4) is 0 Å². The lowest BCUT2D eigenvalue weighted by Gasteiger charge is -2.13. The summed E-state index contributed by atoms with van der Waals surface area (Å²) in [5, 5.41) is 15.0. The van der Waals surface area contributed by atoms with Gasteiger partial charge in [0.2, 0.25) is 0 Å². The molecule has 114 valence electrons. The molecule has 0 bridgehead atoms. The van der Waals surface area contributed by atoms with Crippen LogP contribution in [0.25, 0.3) is 0 Å². The fourth-order valence-electron chi connectivity index (χ4n) is 2.28. The van der Waals surface area contributed by atoms with E-state index in [-0.39, 0.29) is 12.0 Å². The van der Waals surface area contributed by atoms with Gasteiger partial charge in [0, 0.05) is 18.5 Å². The SMILES string of the molecule is CCc1nn(CC)c(CC(O)c2cccc(F)c2F)c1Cl. The normalized spacial score (nSPS) is 12.7. The van der Waals surface area contributed by atoms with Crippen LogP contribution in [0.4, 0.5) is 8.78 Å². The molecule has 0 spiro atoms. The fraction of sp³-hybridized carbons (Fsp3) is 0.400. The van der Waals surface area contributed by atoms with Gasteiger partial charge in [0.15, 0.2) is 11.6 Å². The summed E-state index contributed by atoms with van der Waals surface area (Å²) in [6.45, 7) is 4.43. The Bertz CT molecular complexity index is 643. The maximum Gasteiger partial charge on any atom is 0.164 e. The number of nitrogens with zero attached hydrogens (tertiary/aromatic N) is 2. The second-order valence-corrected chi connectivity index (χ2v) is 5.12. The Balaban J connectivity index is 2.33. The average molecular weight is 315 g/mol. The van der Waals surface area contributed by atoms with Crippen LogP contribution < -0.4 is 0 Å². The third-order valence-electron chi connectivity index (χ3n) is 3.42. The van der Waals surface area contributed by atoms with Crippen LogP contribution in [0, 0.1) is 11.6 Å². The maximum absolute atomic E-state index is 13.7. The van der Waals surface area contributed by atoms with Gasteiger partial charge in [0.25, 0.3) is 0 Å². The number of halogens is 3. The number of aryl methyl sites for hydroxylation is 2. The molecule has 0 radical (unpaired) electrons. The number of aromatic nitrogens is 2. The number of aliphatic hydroxyl groups is 1. The van der Waals surface area contributed by atoms with Gasteiger partial charge in [-0.05, 0) is 19.4 Å². The summed E-state index contributed by atoms with van der Waals surface area (Å²) in [7, 11) is 0. The van der Waals surface area contributed by atoms with E-state index in [1.165, 1.54) is 12.1 Å². The Morgan fingerprint density at radius 3 is 2.67 bits per heavy atom. The molecule has 0 aliphatic rings. The summed E-state index contributed by atoms with van der Waals surface area (Å²) in [6.07, 6.45) is -0.423. The predicted octanol–water partition coefficient (Wildman–Crippen LogP) is 3.67. The first kappa shape index (κ1) is 15.9. The molecule has 1 aromatic carbocycles. The van der Waals surface area contributed by atoms with E-state index in [9.17, 15) is 13.9 Å². The Kier molecular flexibility index (Phi) is 4.96. The van der Waals surface area contributed by atoms with Crippen molar-refractivity contribution in [2.75, 3.05) is 0 Å². The van der Waals surface area contributed by atoms with E-state index in [1.54, 1.807) is 4.68 Å². The van der Waals surface area contributed by atoms with Crippen LogP contribution in [-0.4, -0.2) is 14.9 Å².